The second-order valence-electron chi connectivity index (χ2n) is 7.17. The van der Waals surface area contributed by atoms with Gasteiger partial charge in [0.2, 0.25) is 0 Å². The van der Waals surface area contributed by atoms with Crippen LogP contribution in [0.3, 0.4) is 0 Å². The monoisotopic (exact) mass is 298 g/mol. The van der Waals surface area contributed by atoms with Gasteiger partial charge in [-0.25, -0.2) is 0 Å². The highest BCUT2D eigenvalue weighted by Crippen LogP contribution is 2.34. The molecule has 2 nitrogen and oxygen atoms in total. The average Bonchev–Trinajstić information content (AvgIpc) is 2.86. The molecule has 1 heterocycles. The highest BCUT2D eigenvalue weighted by Gasteiger charge is 2.40. The van der Waals surface area contributed by atoms with Crippen LogP contribution in [0.2, 0.25) is 0 Å². The molecule has 0 amide bonds. The Hall–Kier alpha value is 0.270. The second-order valence-corrected chi connectivity index (χ2v) is 8.57. The Kier molecular flexibility index (Phi) is 6.70. The fourth-order valence-corrected chi connectivity index (χ4v) is 4.60. The molecule has 20 heavy (non-hydrogen) atoms. The SMILES string of the molecule is CCSCCCN1CC2(CCCC2)NCC1CC(C)C. The molecule has 0 radical (unpaired) electrons. The van der Waals surface area contributed by atoms with Gasteiger partial charge in [-0.05, 0) is 49.7 Å². The molecule has 0 bridgehead atoms. The van der Waals surface area contributed by atoms with Crippen molar-refractivity contribution in [2.45, 2.75) is 70.9 Å². The lowest BCUT2D eigenvalue weighted by atomic mass is 9.90. The van der Waals surface area contributed by atoms with Crippen LogP contribution in [0.4, 0.5) is 0 Å². The van der Waals surface area contributed by atoms with E-state index in [9.17, 15) is 0 Å². The lowest BCUT2D eigenvalue weighted by molar-refractivity contribution is 0.0698. The molecule has 1 aliphatic carbocycles. The van der Waals surface area contributed by atoms with E-state index in [4.69, 9.17) is 0 Å². The normalized spacial score (nSPS) is 26.7. The first-order valence-corrected chi connectivity index (χ1v) is 9.87. The molecule has 2 aliphatic rings. The van der Waals surface area contributed by atoms with E-state index >= 15 is 0 Å². The Morgan fingerprint density at radius 3 is 2.70 bits per heavy atom. The van der Waals surface area contributed by atoms with Gasteiger partial charge < -0.3 is 5.32 Å². The molecule has 118 valence electrons. The Bertz CT molecular complexity index is 274. The van der Waals surface area contributed by atoms with Crippen LogP contribution in [0.1, 0.15) is 59.3 Å². The van der Waals surface area contributed by atoms with Crippen molar-refractivity contribution >= 4 is 11.8 Å². The van der Waals surface area contributed by atoms with Crippen LogP contribution in [0.15, 0.2) is 0 Å². The predicted molar refractivity (Wildman–Crippen MR) is 91.6 cm³/mol. The number of piperazine rings is 1. The van der Waals surface area contributed by atoms with Crippen LogP contribution in [0.25, 0.3) is 0 Å². The first-order valence-electron chi connectivity index (χ1n) is 8.72. The third-order valence-corrected chi connectivity index (χ3v) is 5.96. The minimum atomic E-state index is 0.478. The number of hydrogen-bond acceptors (Lipinski definition) is 3. The first kappa shape index (κ1) is 16.6. The van der Waals surface area contributed by atoms with E-state index in [1.807, 2.05) is 0 Å². The van der Waals surface area contributed by atoms with E-state index in [1.54, 1.807) is 0 Å². The lowest BCUT2D eigenvalue weighted by Gasteiger charge is -2.47. The highest BCUT2D eigenvalue weighted by atomic mass is 32.2. The van der Waals surface area contributed by atoms with Crippen molar-refractivity contribution in [2.75, 3.05) is 31.1 Å². The molecule has 2 rings (SSSR count). The van der Waals surface area contributed by atoms with Gasteiger partial charge in [-0.2, -0.15) is 11.8 Å². The molecule has 0 aromatic rings. The average molecular weight is 299 g/mol. The van der Waals surface area contributed by atoms with Crippen LogP contribution >= 0.6 is 11.8 Å². The summed E-state index contributed by atoms with van der Waals surface area (Å²) < 4.78 is 0. The standard InChI is InChI=1S/C17H34N2S/c1-4-20-11-7-10-19-14-17(8-5-6-9-17)18-13-16(19)12-15(2)3/h15-16,18H,4-14H2,1-3H3. The predicted octanol–water partition coefficient (Wildman–Crippen LogP) is 3.76. The van der Waals surface area contributed by atoms with Crippen LogP contribution in [0, 0.1) is 5.92 Å². The Balaban J connectivity index is 1.88. The van der Waals surface area contributed by atoms with E-state index in [0.717, 1.165) is 12.0 Å². The number of hydrogen-bond donors (Lipinski definition) is 1. The summed E-state index contributed by atoms with van der Waals surface area (Å²) in [5, 5.41) is 3.93. The van der Waals surface area contributed by atoms with Crippen LogP contribution in [-0.4, -0.2) is 47.6 Å². The van der Waals surface area contributed by atoms with Crippen LogP contribution in [0.5, 0.6) is 0 Å². The summed E-state index contributed by atoms with van der Waals surface area (Å²) >= 11 is 2.09. The first-order chi connectivity index (χ1) is 9.65. The van der Waals surface area contributed by atoms with Gasteiger partial charge in [-0.3, -0.25) is 4.90 Å². The van der Waals surface area contributed by atoms with Gasteiger partial charge in [0.15, 0.2) is 0 Å². The van der Waals surface area contributed by atoms with Crippen molar-refractivity contribution in [3.05, 3.63) is 0 Å². The molecule has 1 aliphatic heterocycles. The van der Waals surface area contributed by atoms with Gasteiger partial charge in [0.25, 0.3) is 0 Å². The highest BCUT2D eigenvalue weighted by molar-refractivity contribution is 7.99. The quantitative estimate of drug-likeness (QED) is 0.720. The van der Waals surface area contributed by atoms with Crippen molar-refractivity contribution in [1.29, 1.82) is 0 Å². The fourth-order valence-electron chi connectivity index (χ4n) is 3.98. The zero-order valence-corrected chi connectivity index (χ0v) is 14.6. The largest absolute Gasteiger partial charge is 0.308 e. The topological polar surface area (TPSA) is 15.3 Å². The summed E-state index contributed by atoms with van der Waals surface area (Å²) in [5.41, 5.74) is 0.478. The fraction of sp³-hybridized carbons (Fsp3) is 1.00. The molecule has 1 N–H and O–H groups in total. The summed E-state index contributed by atoms with van der Waals surface area (Å²) in [6.07, 6.45) is 8.39. The van der Waals surface area contributed by atoms with Crippen LogP contribution < -0.4 is 5.32 Å². The van der Waals surface area contributed by atoms with Gasteiger partial charge in [-0.1, -0.05) is 33.6 Å². The Morgan fingerprint density at radius 2 is 2.05 bits per heavy atom. The third-order valence-electron chi connectivity index (χ3n) is 4.98. The van der Waals surface area contributed by atoms with E-state index in [2.05, 4.69) is 42.7 Å². The molecule has 0 aromatic heterocycles. The Labute approximate surface area is 130 Å². The zero-order valence-electron chi connectivity index (χ0n) is 13.8. The maximum atomic E-state index is 3.93. The van der Waals surface area contributed by atoms with Crippen molar-refractivity contribution in [3.8, 4) is 0 Å². The Morgan fingerprint density at radius 1 is 1.30 bits per heavy atom. The minimum absolute atomic E-state index is 0.478. The van der Waals surface area contributed by atoms with Crippen molar-refractivity contribution in [2.24, 2.45) is 5.92 Å². The molecule has 1 saturated heterocycles. The maximum absolute atomic E-state index is 3.93. The molecule has 0 aromatic carbocycles. The van der Waals surface area contributed by atoms with Gasteiger partial charge in [0, 0.05) is 24.7 Å². The van der Waals surface area contributed by atoms with Gasteiger partial charge in [0.1, 0.15) is 0 Å². The van der Waals surface area contributed by atoms with E-state index in [1.165, 1.54) is 69.7 Å². The number of rotatable bonds is 7. The summed E-state index contributed by atoms with van der Waals surface area (Å²) in [5.74, 6) is 3.41. The summed E-state index contributed by atoms with van der Waals surface area (Å²) in [6.45, 7) is 10.8. The van der Waals surface area contributed by atoms with E-state index < -0.39 is 0 Å². The molecular weight excluding hydrogens is 264 g/mol. The van der Waals surface area contributed by atoms with Crippen LogP contribution in [-0.2, 0) is 0 Å². The molecule has 1 unspecified atom stereocenters. The smallest absolute Gasteiger partial charge is 0.0309 e. The second kappa shape index (κ2) is 8.05. The molecule has 2 fully saturated rings. The molecule has 1 atom stereocenters. The summed E-state index contributed by atoms with van der Waals surface area (Å²) in [6, 6.07) is 0.771. The molecule has 1 saturated carbocycles. The maximum Gasteiger partial charge on any atom is 0.0309 e. The van der Waals surface area contributed by atoms with Crippen molar-refractivity contribution < 1.29 is 0 Å². The molecular formula is C17H34N2S. The van der Waals surface area contributed by atoms with Crippen molar-refractivity contribution in [1.82, 2.24) is 10.2 Å². The van der Waals surface area contributed by atoms with E-state index in [-0.39, 0.29) is 0 Å². The number of thioether (sulfide) groups is 1. The minimum Gasteiger partial charge on any atom is -0.308 e. The van der Waals surface area contributed by atoms with Crippen molar-refractivity contribution in [3.63, 3.8) is 0 Å². The lowest BCUT2D eigenvalue weighted by Crippen LogP contribution is -2.63. The summed E-state index contributed by atoms with van der Waals surface area (Å²) in [7, 11) is 0. The van der Waals surface area contributed by atoms with Gasteiger partial charge in [-0.15, -0.1) is 0 Å². The zero-order chi connectivity index (χ0) is 14.4. The molecule has 1 spiro atoms. The number of nitrogens with zero attached hydrogens (tertiary/aromatic N) is 1. The third kappa shape index (κ3) is 4.64. The number of nitrogens with one attached hydrogen (secondary N) is 1. The molecule has 3 heteroatoms. The summed E-state index contributed by atoms with van der Waals surface area (Å²) in [4.78, 5) is 2.83. The van der Waals surface area contributed by atoms with Gasteiger partial charge >= 0.3 is 0 Å². The van der Waals surface area contributed by atoms with Gasteiger partial charge in [0.05, 0.1) is 0 Å². The van der Waals surface area contributed by atoms with E-state index in [0.29, 0.717) is 5.54 Å².